The van der Waals surface area contributed by atoms with Gasteiger partial charge in [-0.05, 0) is 44.9 Å². The van der Waals surface area contributed by atoms with Crippen LogP contribution < -0.4 is 0 Å². The van der Waals surface area contributed by atoms with Gasteiger partial charge in [0.25, 0.3) is 0 Å². The quantitative estimate of drug-likeness (QED) is 0.377. The Bertz CT molecular complexity index is 266. The lowest BCUT2D eigenvalue weighted by molar-refractivity contribution is -0.280. The van der Waals surface area contributed by atoms with E-state index in [-0.39, 0.29) is 12.6 Å². The molecule has 0 unspecified atom stereocenters. The molecule has 4 heteroatoms. The summed E-state index contributed by atoms with van der Waals surface area (Å²) in [5.74, 6) is -0.308. The van der Waals surface area contributed by atoms with Gasteiger partial charge in [0.2, 0.25) is 0 Å². The highest BCUT2D eigenvalue weighted by molar-refractivity contribution is 5.75. The van der Waals surface area contributed by atoms with Gasteiger partial charge in [-0.15, -0.1) is 0 Å². The molecule has 4 nitrogen and oxygen atoms in total. The van der Waals surface area contributed by atoms with E-state index in [2.05, 4.69) is 20.8 Å². The molecule has 0 amide bonds. The van der Waals surface area contributed by atoms with Crippen molar-refractivity contribution in [3.8, 4) is 0 Å². The van der Waals surface area contributed by atoms with Gasteiger partial charge in [-0.3, -0.25) is 4.89 Å². The first-order valence-corrected chi connectivity index (χ1v) is 7.64. The number of hydrogen-bond donors (Lipinski definition) is 1. The van der Waals surface area contributed by atoms with Crippen LogP contribution in [0.25, 0.3) is 0 Å². The van der Waals surface area contributed by atoms with Crippen molar-refractivity contribution in [1.29, 1.82) is 0 Å². The lowest BCUT2D eigenvalue weighted by atomic mass is 9.84. The van der Waals surface area contributed by atoms with Crippen molar-refractivity contribution >= 4 is 5.97 Å². The standard InChI is InChI=1S/C16H32O4/c1-15(2,3)10-6-7-11-16(4,5)14(18)20-19-13-9-8-12-17/h17H,6-13H2,1-5H3. The van der Waals surface area contributed by atoms with Gasteiger partial charge in [0, 0.05) is 6.61 Å². The highest BCUT2D eigenvalue weighted by Gasteiger charge is 2.30. The fourth-order valence-electron chi connectivity index (χ4n) is 1.81. The Morgan fingerprint density at radius 2 is 1.55 bits per heavy atom. The normalized spacial score (nSPS) is 12.5. The summed E-state index contributed by atoms with van der Waals surface area (Å²) < 4.78 is 0. The Balaban J connectivity index is 3.82. The Morgan fingerprint density at radius 3 is 2.10 bits per heavy atom. The molecule has 20 heavy (non-hydrogen) atoms. The van der Waals surface area contributed by atoms with Crippen LogP contribution >= 0.6 is 0 Å². The Hall–Kier alpha value is -0.610. The molecule has 0 bridgehead atoms. The number of aliphatic hydroxyl groups excluding tert-OH is 1. The highest BCUT2D eigenvalue weighted by atomic mass is 17.2. The summed E-state index contributed by atoms with van der Waals surface area (Å²) in [6, 6.07) is 0. The monoisotopic (exact) mass is 288 g/mol. The van der Waals surface area contributed by atoms with Crippen molar-refractivity contribution in [2.75, 3.05) is 13.2 Å². The molecule has 0 saturated heterocycles. The molecule has 0 aliphatic rings. The van der Waals surface area contributed by atoms with Crippen molar-refractivity contribution in [2.24, 2.45) is 10.8 Å². The van der Waals surface area contributed by atoms with Crippen LogP contribution in [0.1, 0.15) is 73.1 Å². The minimum absolute atomic E-state index is 0.135. The SMILES string of the molecule is CC(C)(C)CCCCC(C)(C)C(=O)OOCCCCO. The second-order valence-electron chi connectivity index (χ2n) is 7.28. The van der Waals surface area contributed by atoms with Crippen LogP contribution in [0.4, 0.5) is 0 Å². The molecule has 0 radical (unpaired) electrons. The van der Waals surface area contributed by atoms with Gasteiger partial charge in [0.15, 0.2) is 0 Å². The zero-order chi connectivity index (χ0) is 15.6. The molecule has 0 fully saturated rings. The molecule has 0 aromatic rings. The van der Waals surface area contributed by atoms with E-state index >= 15 is 0 Å². The number of aliphatic hydroxyl groups is 1. The van der Waals surface area contributed by atoms with Crippen molar-refractivity contribution < 1.29 is 19.7 Å². The lowest BCUT2D eigenvalue weighted by Gasteiger charge is -2.23. The maximum Gasteiger partial charge on any atom is 0.347 e. The molecule has 0 aromatic heterocycles. The fourth-order valence-corrected chi connectivity index (χ4v) is 1.81. The maximum atomic E-state index is 11.9. The summed E-state index contributed by atoms with van der Waals surface area (Å²) in [4.78, 5) is 21.6. The zero-order valence-electron chi connectivity index (χ0n) is 13.8. The van der Waals surface area contributed by atoms with Crippen molar-refractivity contribution in [2.45, 2.75) is 73.1 Å². The van der Waals surface area contributed by atoms with Crippen molar-refractivity contribution in [3.63, 3.8) is 0 Å². The van der Waals surface area contributed by atoms with E-state index in [1.165, 1.54) is 0 Å². The molecule has 0 aliphatic heterocycles. The third-order valence-corrected chi connectivity index (χ3v) is 3.30. The minimum Gasteiger partial charge on any atom is -0.396 e. The number of carbonyl (C=O) groups excluding carboxylic acids is 1. The summed E-state index contributed by atoms with van der Waals surface area (Å²) in [5, 5.41) is 8.62. The third-order valence-electron chi connectivity index (χ3n) is 3.30. The van der Waals surface area contributed by atoms with E-state index in [1.807, 2.05) is 13.8 Å². The molecule has 0 aromatic carbocycles. The van der Waals surface area contributed by atoms with E-state index in [9.17, 15) is 4.79 Å². The van der Waals surface area contributed by atoms with Crippen LogP contribution in [-0.4, -0.2) is 24.3 Å². The van der Waals surface area contributed by atoms with E-state index in [4.69, 9.17) is 14.9 Å². The number of unbranched alkanes of at least 4 members (excludes halogenated alkanes) is 2. The van der Waals surface area contributed by atoms with Crippen LogP contribution in [0.5, 0.6) is 0 Å². The first kappa shape index (κ1) is 19.4. The van der Waals surface area contributed by atoms with E-state index in [0.717, 1.165) is 25.7 Å². The first-order valence-electron chi connectivity index (χ1n) is 7.64. The van der Waals surface area contributed by atoms with Gasteiger partial charge in [-0.1, -0.05) is 33.6 Å². The summed E-state index contributed by atoms with van der Waals surface area (Å²) in [6.07, 6.45) is 5.46. The van der Waals surface area contributed by atoms with Gasteiger partial charge in [-0.25, -0.2) is 4.79 Å². The Kier molecular flexibility index (Phi) is 9.06. The molecule has 1 N–H and O–H groups in total. The Morgan fingerprint density at radius 1 is 0.950 bits per heavy atom. The molecule has 0 aliphatic carbocycles. The number of hydrogen-bond acceptors (Lipinski definition) is 4. The van der Waals surface area contributed by atoms with Crippen LogP contribution in [0.2, 0.25) is 0 Å². The third kappa shape index (κ3) is 10.2. The van der Waals surface area contributed by atoms with Gasteiger partial charge in [0.1, 0.15) is 0 Å². The predicted molar refractivity (Wildman–Crippen MR) is 80.1 cm³/mol. The molecule has 0 heterocycles. The fraction of sp³-hybridized carbons (Fsp3) is 0.938. The molecule has 0 spiro atoms. The topological polar surface area (TPSA) is 55.8 Å². The maximum absolute atomic E-state index is 11.9. The zero-order valence-corrected chi connectivity index (χ0v) is 13.8. The largest absolute Gasteiger partial charge is 0.396 e. The van der Waals surface area contributed by atoms with Crippen LogP contribution in [-0.2, 0) is 14.6 Å². The van der Waals surface area contributed by atoms with E-state index < -0.39 is 5.41 Å². The van der Waals surface area contributed by atoms with Gasteiger partial charge in [-0.2, -0.15) is 4.89 Å². The van der Waals surface area contributed by atoms with Crippen LogP contribution in [0, 0.1) is 10.8 Å². The van der Waals surface area contributed by atoms with Gasteiger partial charge < -0.3 is 5.11 Å². The molecule has 0 atom stereocenters. The summed E-state index contributed by atoms with van der Waals surface area (Å²) in [6.45, 7) is 10.9. The van der Waals surface area contributed by atoms with Crippen LogP contribution in [0.15, 0.2) is 0 Å². The average Bonchev–Trinajstić information content (AvgIpc) is 2.33. The summed E-state index contributed by atoms with van der Waals surface area (Å²) in [5.41, 5.74) is -0.157. The molecule has 0 saturated carbocycles. The summed E-state index contributed by atoms with van der Waals surface area (Å²) in [7, 11) is 0. The lowest BCUT2D eigenvalue weighted by Crippen LogP contribution is -2.27. The minimum atomic E-state index is -0.505. The second kappa shape index (κ2) is 9.35. The highest BCUT2D eigenvalue weighted by Crippen LogP contribution is 2.28. The Labute approximate surface area is 123 Å². The molecular weight excluding hydrogens is 256 g/mol. The second-order valence-corrected chi connectivity index (χ2v) is 7.28. The van der Waals surface area contributed by atoms with E-state index in [0.29, 0.717) is 24.9 Å². The molecule has 0 rings (SSSR count). The van der Waals surface area contributed by atoms with Crippen LogP contribution in [0.3, 0.4) is 0 Å². The average molecular weight is 288 g/mol. The smallest absolute Gasteiger partial charge is 0.347 e. The predicted octanol–water partition coefficient (Wildman–Crippen LogP) is 3.87. The number of carbonyl (C=O) groups is 1. The van der Waals surface area contributed by atoms with Gasteiger partial charge in [0.05, 0.1) is 12.0 Å². The van der Waals surface area contributed by atoms with Gasteiger partial charge >= 0.3 is 5.97 Å². The van der Waals surface area contributed by atoms with Crippen molar-refractivity contribution in [3.05, 3.63) is 0 Å². The van der Waals surface area contributed by atoms with Crippen molar-refractivity contribution in [1.82, 2.24) is 0 Å². The summed E-state index contributed by atoms with van der Waals surface area (Å²) >= 11 is 0. The first-order chi connectivity index (χ1) is 9.19. The van der Waals surface area contributed by atoms with E-state index in [1.54, 1.807) is 0 Å². The molecule has 120 valence electrons. The molecular formula is C16H32O4. The number of rotatable bonds is 10.